The van der Waals surface area contributed by atoms with E-state index in [0.29, 0.717) is 36.5 Å². The molecule has 25 heavy (non-hydrogen) atoms. The minimum Gasteiger partial charge on any atom is -0.362 e. The lowest BCUT2D eigenvalue weighted by molar-refractivity contribution is -0.0811. The van der Waals surface area contributed by atoms with E-state index in [9.17, 15) is 4.79 Å². The van der Waals surface area contributed by atoms with Gasteiger partial charge in [-0.3, -0.25) is 9.89 Å². The molecule has 5 rings (SSSR count). The molecule has 2 atom stereocenters. The highest BCUT2D eigenvalue weighted by Gasteiger charge is 2.36. The molecule has 1 aliphatic heterocycles. The maximum absolute atomic E-state index is 12.8. The highest BCUT2D eigenvalue weighted by atomic mass is 16.5. The molecular formula is C17H21N5O3. The van der Waals surface area contributed by atoms with Crippen molar-refractivity contribution in [2.45, 2.75) is 56.7 Å². The third-order valence-corrected chi connectivity index (χ3v) is 5.06. The molecule has 132 valence electrons. The van der Waals surface area contributed by atoms with Crippen molar-refractivity contribution in [1.29, 1.82) is 0 Å². The van der Waals surface area contributed by atoms with Gasteiger partial charge in [-0.25, -0.2) is 0 Å². The Morgan fingerprint density at radius 1 is 1.24 bits per heavy atom. The Morgan fingerprint density at radius 2 is 2.04 bits per heavy atom. The predicted octanol–water partition coefficient (Wildman–Crippen LogP) is 2.15. The summed E-state index contributed by atoms with van der Waals surface area (Å²) in [6.07, 6.45) is 4.11. The SMILES string of the molecule is C[C@@H]1CN(C(=O)c2cc(C3CC3)[nH]n2)C[C@H](c2nc(C3CC3)no2)O1. The third kappa shape index (κ3) is 2.95. The number of aromatic nitrogens is 4. The van der Waals surface area contributed by atoms with Crippen LogP contribution < -0.4 is 0 Å². The minimum absolute atomic E-state index is 0.0785. The molecule has 2 aliphatic carbocycles. The van der Waals surface area contributed by atoms with Gasteiger partial charge in [0.25, 0.3) is 11.8 Å². The van der Waals surface area contributed by atoms with E-state index >= 15 is 0 Å². The number of hydrogen-bond acceptors (Lipinski definition) is 6. The van der Waals surface area contributed by atoms with Crippen molar-refractivity contribution in [3.63, 3.8) is 0 Å². The van der Waals surface area contributed by atoms with E-state index in [1.54, 1.807) is 4.90 Å². The first kappa shape index (κ1) is 15.1. The molecule has 3 fully saturated rings. The molecule has 1 amide bonds. The number of rotatable bonds is 4. The second kappa shape index (κ2) is 5.66. The highest BCUT2D eigenvalue weighted by molar-refractivity contribution is 5.92. The first-order valence-electron chi connectivity index (χ1n) is 9.01. The fourth-order valence-corrected chi connectivity index (χ4v) is 3.35. The Bertz CT molecular complexity index is 792. The molecule has 3 aliphatic rings. The summed E-state index contributed by atoms with van der Waals surface area (Å²) in [4.78, 5) is 19.1. The lowest BCUT2D eigenvalue weighted by Gasteiger charge is -2.34. The number of hydrogen-bond donors (Lipinski definition) is 1. The number of ether oxygens (including phenoxy) is 1. The van der Waals surface area contributed by atoms with Crippen LogP contribution in [0.2, 0.25) is 0 Å². The molecule has 3 heterocycles. The summed E-state index contributed by atoms with van der Waals surface area (Å²) in [7, 11) is 0. The third-order valence-electron chi connectivity index (χ3n) is 5.06. The number of carbonyl (C=O) groups excluding carboxylic acids is 1. The van der Waals surface area contributed by atoms with Gasteiger partial charge in [0, 0.05) is 24.1 Å². The Balaban J connectivity index is 1.32. The van der Waals surface area contributed by atoms with E-state index in [1.165, 1.54) is 12.8 Å². The van der Waals surface area contributed by atoms with Crippen molar-refractivity contribution in [3.8, 4) is 0 Å². The first-order chi connectivity index (χ1) is 12.2. The highest BCUT2D eigenvalue weighted by Crippen LogP contribution is 2.40. The van der Waals surface area contributed by atoms with E-state index in [4.69, 9.17) is 9.26 Å². The van der Waals surface area contributed by atoms with Gasteiger partial charge >= 0.3 is 0 Å². The average Bonchev–Trinajstić information content (AvgIpc) is 3.55. The van der Waals surface area contributed by atoms with Gasteiger partial charge in [-0.1, -0.05) is 5.16 Å². The zero-order chi connectivity index (χ0) is 17.0. The predicted molar refractivity (Wildman–Crippen MR) is 86.0 cm³/mol. The van der Waals surface area contributed by atoms with Gasteiger partial charge in [-0.05, 0) is 38.7 Å². The first-order valence-corrected chi connectivity index (χ1v) is 9.01. The van der Waals surface area contributed by atoms with Crippen LogP contribution in [0.5, 0.6) is 0 Å². The molecule has 1 saturated heterocycles. The molecule has 8 nitrogen and oxygen atoms in total. The van der Waals surface area contributed by atoms with Crippen molar-refractivity contribution in [1.82, 2.24) is 25.2 Å². The van der Waals surface area contributed by atoms with E-state index in [1.807, 2.05) is 13.0 Å². The molecule has 0 spiro atoms. The van der Waals surface area contributed by atoms with Crippen LogP contribution in [0.1, 0.15) is 78.4 Å². The molecule has 0 radical (unpaired) electrons. The fraction of sp³-hybridized carbons (Fsp3) is 0.647. The van der Waals surface area contributed by atoms with Crippen molar-refractivity contribution in [2.75, 3.05) is 13.1 Å². The van der Waals surface area contributed by atoms with Crippen molar-refractivity contribution in [3.05, 3.63) is 29.2 Å². The van der Waals surface area contributed by atoms with E-state index < -0.39 is 0 Å². The second-order valence-corrected chi connectivity index (χ2v) is 7.39. The number of amides is 1. The van der Waals surface area contributed by atoms with Crippen LogP contribution in [-0.2, 0) is 4.74 Å². The number of H-pyrrole nitrogens is 1. The molecule has 2 aromatic rings. The van der Waals surface area contributed by atoms with Crippen LogP contribution in [0.15, 0.2) is 10.6 Å². The molecule has 8 heteroatoms. The van der Waals surface area contributed by atoms with Crippen LogP contribution in [-0.4, -0.2) is 50.3 Å². The lowest BCUT2D eigenvalue weighted by Crippen LogP contribution is -2.46. The van der Waals surface area contributed by atoms with Gasteiger partial charge in [-0.15, -0.1) is 0 Å². The summed E-state index contributed by atoms with van der Waals surface area (Å²) in [6.45, 7) is 2.89. The van der Waals surface area contributed by atoms with E-state index in [-0.39, 0.29) is 18.1 Å². The molecule has 2 saturated carbocycles. The summed E-state index contributed by atoms with van der Waals surface area (Å²) in [5.74, 6) is 2.12. The zero-order valence-electron chi connectivity index (χ0n) is 14.1. The molecule has 0 bridgehead atoms. The average molecular weight is 343 g/mol. The fourth-order valence-electron chi connectivity index (χ4n) is 3.35. The molecule has 0 aromatic carbocycles. The topological polar surface area (TPSA) is 97.1 Å². The number of carbonyl (C=O) groups is 1. The number of nitrogens with zero attached hydrogens (tertiary/aromatic N) is 4. The maximum atomic E-state index is 12.8. The van der Waals surface area contributed by atoms with Gasteiger partial charge in [0.05, 0.1) is 12.6 Å². The Labute approximate surface area is 144 Å². The monoisotopic (exact) mass is 343 g/mol. The van der Waals surface area contributed by atoms with Crippen LogP contribution >= 0.6 is 0 Å². The summed E-state index contributed by atoms with van der Waals surface area (Å²) in [5.41, 5.74) is 1.53. The van der Waals surface area contributed by atoms with Gasteiger partial charge in [0.2, 0.25) is 0 Å². The smallest absolute Gasteiger partial charge is 0.274 e. The van der Waals surface area contributed by atoms with Gasteiger partial charge in [0.1, 0.15) is 5.69 Å². The van der Waals surface area contributed by atoms with Gasteiger partial charge < -0.3 is 14.2 Å². The number of morpholine rings is 1. The largest absolute Gasteiger partial charge is 0.362 e. The molecule has 1 N–H and O–H groups in total. The van der Waals surface area contributed by atoms with Gasteiger partial charge in [0.15, 0.2) is 11.9 Å². The van der Waals surface area contributed by atoms with Crippen LogP contribution in [0.3, 0.4) is 0 Å². The van der Waals surface area contributed by atoms with Gasteiger partial charge in [-0.2, -0.15) is 10.1 Å². The number of aromatic amines is 1. The van der Waals surface area contributed by atoms with E-state index in [2.05, 4.69) is 20.3 Å². The Hall–Kier alpha value is -2.22. The van der Waals surface area contributed by atoms with Crippen molar-refractivity contribution < 1.29 is 14.1 Å². The van der Waals surface area contributed by atoms with Crippen LogP contribution in [0, 0.1) is 0 Å². The Morgan fingerprint density at radius 3 is 2.80 bits per heavy atom. The van der Waals surface area contributed by atoms with Crippen LogP contribution in [0.4, 0.5) is 0 Å². The number of nitrogens with one attached hydrogen (secondary N) is 1. The normalized spacial score (nSPS) is 26.8. The van der Waals surface area contributed by atoms with Crippen molar-refractivity contribution >= 4 is 5.91 Å². The summed E-state index contributed by atoms with van der Waals surface area (Å²) >= 11 is 0. The summed E-state index contributed by atoms with van der Waals surface area (Å²) < 4.78 is 11.3. The molecular weight excluding hydrogens is 322 g/mol. The quantitative estimate of drug-likeness (QED) is 0.913. The lowest BCUT2D eigenvalue weighted by atomic mass is 10.2. The van der Waals surface area contributed by atoms with Crippen molar-refractivity contribution in [2.24, 2.45) is 0 Å². The minimum atomic E-state index is -0.380. The standard InChI is InChI=1S/C17H21N5O3/c1-9-7-22(17(23)13-6-12(19-20-13)10-2-3-10)8-14(24-9)16-18-15(21-25-16)11-4-5-11/h6,9-11,14H,2-5,7-8H2,1H3,(H,19,20)/t9-,14-/m1/s1. The molecule has 0 unspecified atom stereocenters. The second-order valence-electron chi connectivity index (χ2n) is 7.39. The Kier molecular flexibility index (Phi) is 3.41. The summed E-state index contributed by atoms with van der Waals surface area (Å²) in [5, 5.41) is 11.2. The maximum Gasteiger partial charge on any atom is 0.274 e. The zero-order valence-corrected chi connectivity index (χ0v) is 14.1. The molecule has 2 aromatic heterocycles. The van der Waals surface area contributed by atoms with Crippen LogP contribution in [0.25, 0.3) is 0 Å². The van der Waals surface area contributed by atoms with E-state index in [0.717, 1.165) is 24.4 Å². The summed E-state index contributed by atoms with van der Waals surface area (Å²) in [6, 6.07) is 1.88.